The fourth-order valence-electron chi connectivity index (χ4n) is 4.78. The third-order valence-corrected chi connectivity index (χ3v) is 8.33. The number of hydrogen-bond acceptors (Lipinski definition) is 6. The monoisotopic (exact) mass is 570 g/mol. The highest BCUT2D eigenvalue weighted by molar-refractivity contribution is 7.69. The van der Waals surface area contributed by atoms with Crippen LogP contribution in [0.1, 0.15) is 41.4 Å². The first-order chi connectivity index (χ1) is 18.4. The van der Waals surface area contributed by atoms with E-state index in [0.29, 0.717) is 52.8 Å². The van der Waals surface area contributed by atoms with Gasteiger partial charge in [0.05, 0.1) is 22.1 Å². The average Bonchev–Trinajstić information content (AvgIpc) is 3.04. The van der Waals surface area contributed by atoms with Crippen LogP contribution in [0.3, 0.4) is 0 Å². The summed E-state index contributed by atoms with van der Waals surface area (Å²) in [5.74, 6) is -0.0537. The van der Waals surface area contributed by atoms with E-state index in [4.69, 9.17) is 16.6 Å². The number of pyridine rings is 1. The minimum atomic E-state index is -2.67. The molecule has 0 spiro atoms. The summed E-state index contributed by atoms with van der Waals surface area (Å²) in [7, 11) is 1.25. The lowest BCUT2D eigenvalue weighted by Crippen LogP contribution is -2.35. The molecule has 2 amide bonds. The van der Waals surface area contributed by atoms with Gasteiger partial charge in [0.25, 0.3) is 5.91 Å². The first kappa shape index (κ1) is 29.0. The van der Waals surface area contributed by atoms with Crippen LogP contribution >= 0.6 is 18.7 Å². The largest absolute Gasteiger partial charge is 0.337 e. The summed E-state index contributed by atoms with van der Waals surface area (Å²) in [6.07, 6.45) is 6.11. The predicted octanol–water partition coefficient (Wildman–Crippen LogP) is 4.56. The van der Waals surface area contributed by atoms with Gasteiger partial charge in [0, 0.05) is 37.0 Å². The van der Waals surface area contributed by atoms with Crippen molar-refractivity contribution >= 4 is 53.0 Å². The summed E-state index contributed by atoms with van der Waals surface area (Å²) in [5.41, 5.74) is 2.75. The summed E-state index contributed by atoms with van der Waals surface area (Å²) in [6, 6.07) is 8.59. The zero-order chi connectivity index (χ0) is 28.3. The topological polar surface area (TPSA) is 100 Å². The number of fused-ring (bicyclic) bond motifs is 1. The number of hydrogen-bond donors (Lipinski definition) is 1. The zero-order valence-electron chi connectivity index (χ0n) is 23.1. The van der Waals surface area contributed by atoms with Crippen LogP contribution in [0, 0.1) is 6.92 Å². The Bertz CT molecular complexity index is 1460. The van der Waals surface area contributed by atoms with Crippen LogP contribution in [0.2, 0.25) is 5.02 Å². The molecule has 2 aromatic heterocycles. The molecule has 1 unspecified atom stereocenters. The van der Waals surface area contributed by atoms with Crippen molar-refractivity contribution in [3.05, 3.63) is 58.8 Å². The summed E-state index contributed by atoms with van der Waals surface area (Å²) in [4.78, 5) is 39.5. The Kier molecular flexibility index (Phi) is 8.94. The van der Waals surface area contributed by atoms with E-state index in [1.54, 1.807) is 44.5 Å². The number of halogens is 1. The number of likely N-dealkylation sites (N-methyl/N-ethyl adjacent to an activating group) is 1. The van der Waals surface area contributed by atoms with Gasteiger partial charge in [-0.2, -0.15) is 0 Å². The highest BCUT2D eigenvalue weighted by Gasteiger charge is 2.28. The van der Waals surface area contributed by atoms with Crippen molar-refractivity contribution in [1.29, 1.82) is 0 Å². The van der Waals surface area contributed by atoms with Gasteiger partial charge in [0.15, 0.2) is 0 Å². The van der Waals surface area contributed by atoms with Crippen LogP contribution in [0.5, 0.6) is 0 Å². The fraction of sp³-hybridized carbons (Fsp3) is 0.429. The van der Waals surface area contributed by atoms with Crippen LogP contribution in [-0.2, 0) is 9.36 Å². The summed E-state index contributed by atoms with van der Waals surface area (Å²) in [6.45, 7) is 6.85. The summed E-state index contributed by atoms with van der Waals surface area (Å²) in [5, 5.41) is 3.49. The smallest absolute Gasteiger partial charge is 0.258 e. The van der Waals surface area contributed by atoms with Gasteiger partial charge in [0.2, 0.25) is 11.9 Å². The lowest BCUT2D eigenvalue weighted by atomic mass is 10.1. The molecular formula is C28H36ClN6O3P. The van der Waals surface area contributed by atoms with E-state index in [0.717, 1.165) is 24.8 Å². The molecule has 0 saturated carbocycles. The van der Waals surface area contributed by atoms with Crippen LogP contribution in [0.25, 0.3) is 11.0 Å². The van der Waals surface area contributed by atoms with E-state index >= 15 is 0 Å². The molecule has 0 aliphatic carbocycles. The molecule has 4 rings (SSSR count). The number of carbonyl (C=O) groups is 2. The molecule has 39 heavy (non-hydrogen) atoms. The second kappa shape index (κ2) is 12.0. The van der Waals surface area contributed by atoms with Gasteiger partial charge in [-0.05, 0) is 77.9 Å². The molecule has 1 fully saturated rings. The Balaban J connectivity index is 1.70. The number of aryl methyl sites for hydroxylation is 1. The van der Waals surface area contributed by atoms with Crippen LogP contribution in [-0.4, -0.2) is 83.2 Å². The van der Waals surface area contributed by atoms with Crippen molar-refractivity contribution in [2.45, 2.75) is 32.2 Å². The highest BCUT2D eigenvalue weighted by atomic mass is 35.5. The molecule has 3 heterocycles. The SMILES string of the molecule is Cc1cc(C(=O)Nc2nc3cccc(Cl)c3n2C2CCCCN(C(=O)/C=C/CN(C)C)C2)cc(P(C)(C)=O)n1. The molecule has 1 aromatic carbocycles. The van der Waals surface area contributed by atoms with Crippen LogP contribution in [0.15, 0.2) is 42.5 Å². The number of nitrogens with zero attached hydrogens (tertiary/aromatic N) is 5. The summed E-state index contributed by atoms with van der Waals surface area (Å²) < 4.78 is 14.6. The molecule has 1 aliphatic heterocycles. The van der Waals surface area contributed by atoms with E-state index in [9.17, 15) is 14.2 Å². The minimum Gasteiger partial charge on any atom is -0.337 e. The standard InChI is InChI=1S/C28H36ClN6O3P/c1-19-16-20(17-24(30-19)39(4,5)38)27(37)32-28-31-23-12-8-11-22(29)26(23)35(28)21-10-6-7-15-34(18-21)25(36)13-9-14-33(2)3/h8-9,11-13,16-17,21H,6-7,10,14-15,18H2,1-5H3,(H,31,32,37)/b13-9+. The Labute approximate surface area is 234 Å². The number of nitrogens with one attached hydrogen (secondary N) is 1. The first-order valence-corrected chi connectivity index (χ1v) is 16.0. The molecule has 3 aromatic rings. The molecule has 11 heteroatoms. The molecule has 0 bridgehead atoms. The van der Waals surface area contributed by atoms with Crippen molar-refractivity contribution in [1.82, 2.24) is 24.3 Å². The number of para-hydroxylation sites is 1. The quantitative estimate of drug-likeness (QED) is 0.330. The molecule has 208 valence electrons. The number of benzene rings is 1. The molecule has 9 nitrogen and oxygen atoms in total. The highest BCUT2D eigenvalue weighted by Crippen LogP contribution is 2.35. The number of amides is 2. The zero-order valence-corrected chi connectivity index (χ0v) is 24.8. The summed E-state index contributed by atoms with van der Waals surface area (Å²) >= 11 is 6.67. The Morgan fingerprint density at radius 2 is 1.97 bits per heavy atom. The minimum absolute atomic E-state index is 0.0341. The number of rotatable bonds is 7. The number of anilines is 1. The van der Waals surface area contributed by atoms with Crippen molar-refractivity contribution in [2.75, 3.05) is 52.4 Å². The normalized spacial score (nSPS) is 16.7. The second-order valence-electron chi connectivity index (χ2n) is 10.7. The lowest BCUT2D eigenvalue weighted by molar-refractivity contribution is -0.126. The molecule has 1 aliphatic rings. The van der Waals surface area contributed by atoms with Gasteiger partial charge in [0.1, 0.15) is 12.6 Å². The average molecular weight is 571 g/mol. The van der Waals surface area contributed by atoms with E-state index < -0.39 is 7.14 Å². The van der Waals surface area contributed by atoms with Crippen molar-refractivity contribution in [3.8, 4) is 0 Å². The second-order valence-corrected chi connectivity index (χ2v) is 14.2. The number of likely N-dealkylation sites (tertiary alicyclic amines) is 1. The first-order valence-electron chi connectivity index (χ1n) is 13.1. The van der Waals surface area contributed by atoms with Gasteiger partial charge in [-0.3, -0.25) is 19.9 Å². The number of imidazole rings is 1. The maximum absolute atomic E-state index is 13.5. The van der Waals surface area contributed by atoms with Gasteiger partial charge in [-0.1, -0.05) is 23.7 Å². The molecule has 1 saturated heterocycles. The Morgan fingerprint density at radius 3 is 2.69 bits per heavy atom. The maximum atomic E-state index is 13.5. The molecule has 1 atom stereocenters. The maximum Gasteiger partial charge on any atom is 0.258 e. The molecular weight excluding hydrogens is 535 g/mol. The van der Waals surface area contributed by atoms with Crippen LogP contribution in [0.4, 0.5) is 5.95 Å². The lowest BCUT2D eigenvalue weighted by Gasteiger charge is -2.26. The molecule has 1 N–H and O–H groups in total. The van der Waals surface area contributed by atoms with E-state index in [2.05, 4.69) is 10.3 Å². The van der Waals surface area contributed by atoms with E-state index in [1.807, 2.05) is 46.7 Å². The number of carbonyl (C=O) groups excluding carboxylic acids is 2. The van der Waals surface area contributed by atoms with Crippen LogP contribution < -0.4 is 10.8 Å². The van der Waals surface area contributed by atoms with Crippen molar-refractivity contribution in [2.24, 2.45) is 0 Å². The van der Waals surface area contributed by atoms with E-state index in [-0.39, 0.29) is 17.9 Å². The van der Waals surface area contributed by atoms with Gasteiger partial charge < -0.3 is 18.9 Å². The van der Waals surface area contributed by atoms with Crippen molar-refractivity contribution in [3.63, 3.8) is 0 Å². The molecule has 0 radical (unpaired) electrons. The van der Waals surface area contributed by atoms with Gasteiger partial charge in [-0.25, -0.2) is 4.98 Å². The van der Waals surface area contributed by atoms with Crippen molar-refractivity contribution < 1.29 is 14.2 Å². The predicted molar refractivity (Wildman–Crippen MR) is 158 cm³/mol. The van der Waals surface area contributed by atoms with E-state index in [1.165, 1.54) is 0 Å². The Hall–Kier alpha value is -3.00. The third-order valence-electron chi connectivity index (χ3n) is 6.69. The fourth-order valence-corrected chi connectivity index (χ4v) is 5.89. The third kappa shape index (κ3) is 6.96. The van der Waals surface area contributed by atoms with Gasteiger partial charge in [-0.15, -0.1) is 0 Å². The van der Waals surface area contributed by atoms with Gasteiger partial charge >= 0.3 is 0 Å². The Morgan fingerprint density at radius 1 is 1.21 bits per heavy atom. The number of aromatic nitrogens is 3.